The van der Waals surface area contributed by atoms with Gasteiger partial charge in [-0.25, -0.2) is 13.6 Å². The van der Waals surface area contributed by atoms with Gasteiger partial charge in [0.05, 0.1) is 6.04 Å². The van der Waals surface area contributed by atoms with Crippen molar-refractivity contribution in [3.05, 3.63) is 17.0 Å². The monoisotopic (exact) mass is 276 g/mol. The van der Waals surface area contributed by atoms with Gasteiger partial charge in [0.25, 0.3) is 0 Å². The molecule has 0 spiro atoms. The number of rotatable bonds is 5. The lowest BCUT2D eigenvalue weighted by molar-refractivity contribution is -0.121. The minimum Gasteiger partial charge on any atom is -0.349 e. The van der Waals surface area contributed by atoms with Gasteiger partial charge in [-0.2, -0.15) is 0 Å². The Balaban J connectivity index is 2.74. The molecule has 1 atom stereocenters. The number of hydrogen-bond acceptors (Lipinski definition) is 4. The zero-order chi connectivity index (χ0) is 13.1. The Hall–Kier alpha value is -0.920. The fourth-order valence-corrected chi connectivity index (χ4v) is 3.08. The summed E-state index contributed by atoms with van der Waals surface area (Å²) in [5.74, 6) is -0.0365. The topological polar surface area (TPSA) is 89.3 Å². The molecular weight excluding hydrogens is 260 g/mol. The van der Waals surface area contributed by atoms with Crippen molar-refractivity contribution < 1.29 is 13.2 Å². The van der Waals surface area contributed by atoms with Crippen LogP contribution in [0.1, 0.15) is 37.6 Å². The molecule has 5 nitrogen and oxygen atoms in total. The predicted molar refractivity (Wildman–Crippen MR) is 67.2 cm³/mol. The molecule has 0 saturated heterocycles. The molecule has 17 heavy (non-hydrogen) atoms. The highest BCUT2D eigenvalue weighted by molar-refractivity contribution is 7.91. The van der Waals surface area contributed by atoms with E-state index in [-0.39, 0.29) is 16.2 Å². The van der Waals surface area contributed by atoms with E-state index in [1.54, 1.807) is 6.07 Å². The third-order valence-corrected chi connectivity index (χ3v) is 4.87. The highest BCUT2D eigenvalue weighted by Gasteiger charge is 2.15. The fourth-order valence-electron chi connectivity index (χ4n) is 1.33. The van der Waals surface area contributed by atoms with Gasteiger partial charge in [0.2, 0.25) is 15.9 Å². The van der Waals surface area contributed by atoms with Crippen molar-refractivity contribution in [2.24, 2.45) is 5.14 Å². The number of nitrogens with one attached hydrogen (secondary N) is 1. The van der Waals surface area contributed by atoms with Crippen LogP contribution >= 0.6 is 11.3 Å². The van der Waals surface area contributed by atoms with Gasteiger partial charge in [-0.05, 0) is 25.5 Å². The Kier molecular flexibility index (Phi) is 4.67. The molecule has 1 unspecified atom stereocenters. The molecule has 0 radical (unpaired) electrons. The zero-order valence-corrected chi connectivity index (χ0v) is 11.4. The third kappa shape index (κ3) is 4.10. The van der Waals surface area contributed by atoms with Crippen molar-refractivity contribution in [3.8, 4) is 0 Å². The third-order valence-electron chi connectivity index (χ3n) is 2.16. The first-order valence-corrected chi connectivity index (χ1v) is 7.62. The summed E-state index contributed by atoms with van der Waals surface area (Å²) in [5, 5.41) is 7.81. The maximum absolute atomic E-state index is 11.4. The van der Waals surface area contributed by atoms with Crippen LogP contribution in [0.5, 0.6) is 0 Å². The number of carbonyl (C=O) groups excluding carboxylic acids is 1. The van der Waals surface area contributed by atoms with Crippen molar-refractivity contribution in [3.63, 3.8) is 0 Å². The van der Waals surface area contributed by atoms with Gasteiger partial charge in [0, 0.05) is 11.3 Å². The summed E-state index contributed by atoms with van der Waals surface area (Å²) in [5.41, 5.74) is 0. The average molecular weight is 276 g/mol. The Bertz CT molecular complexity index is 493. The van der Waals surface area contributed by atoms with Crippen LogP contribution in [-0.4, -0.2) is 14.3 Å². The second-order valence-electron chi connectivity index (χ2n) is 3.74. The SMILES string of the molecule is CCCC(=O)NC(C)c1ccc(S(N)(=O)=O)s1. The summed E-state index contributed by atoms with van der Waals surface area (Å²) in [6.45, 7) is 3.74. The summed E-state index contributed by atoms with van der Waals surface area (Å²) >= 11 is 1.08. The lowest BCUT2D eigenvalue weighted by atomic mass is 10.2. The molecule has 0 fully saturated rings. The first-order valence-electron chi connectivity index (χ1n) is 5.26. The van der Waals surface area contributed by atoms with Gasteiger partial charge < -0.3 is 5.32 Å². The van der Waals surface area contributed by atoms with Crippen LogP contribution in [0.2, 0.25) is 0 Å². The van der Waals surface area contributed by atoms with Gasteiger partial charge in [-0.15, -0.1) is 11.3 Å². The standard InChI is InChI=1S/C10H16N2O3S2/c1-3-4-9(13)12-7(2)8-5-6-10(16-8)17(11,14)15/h5-7H,3-4H2,1-2H3,(H,12,13)(H2,11,14,15). The van der Waals surface area contributed by atoms with Crippen molar-refractivity contribution in [1.82, 2.24) is 5.32 Å². The van der Waals surface area contributed by atoms with Gasteiger partial charge in [-0.3, -0.25) is 4.79 Å². The average Bonchev–Trinajstić information content (AvgIpc) is 2.65. The molecule has 96 valence electrons. The molecule has 0 saturated carbocycles. The molecule has 3 N–H and O–H groups in total. The second kappa shape index (κ2) is 5.61. The number of carbonyl (C=O) groups is 1. The summed E-state index contributed by atoms with van der Waals surface area (Å²) < 4.78 is 22.3. The Morgan fingerprint density at radius 1 is 1.53 bits per heavy atom. The van der Waals surface area contributed by atoms with Crippen molar-refractivity contribution in [1.29, 1.82) is 0 Å². The highest BCUT2D eigenvalue weighted by atomic mass is 32.2. The summed E-state index contributed by atoms with van der Waals surface area (Å²) in [6.07, 6.45) is 1.25. The minimum atomic E-state index is -3.65. The normalized spacial score (nSPS) is 13.4. The molecule has 1 aromatic rings. The van der Waals surface area contributed by atoms with Crippen LogP contribution in [0.3, 0.4) is 0 Å². The van der Waals surface area contributed by atoms with Crippen LogP contribution in [0.25, 0.3) is 0 Å². The Labute approximate surface area is 105 Å². The highest BCUT2D eigenvalue weighted by Crippen LogP contribution is 2.25. The number of sulfonamides is 1. The Morgan fingerprint density at radius 3 is 2.65 bits per heavy atom. The van der Waals surface area contributed by atoms with E-state index in [4.69, 9.17) is 5.14 Å². The molecule has 1 amide bonds. The first-order chi connectivity index (χ1) is 7.84. The summed E-state index contributed by atoms with van der Waals surface area (Å²) in [4.78, 5) is 12.2. The number of amides is 1. The first kappa shape index (κ1) is 14.1. The second-order valence-corrected chi connectivity index (χ2v) is 6.64. The Morgan fingerprint density at radius 2 is 2.18 bits per heavy atom. The number of thiophene rings is 1. The van der Waals surface area contributed by atoms with Gasteiger partial charge in [0.1, 0.15) is 4.21 Å². The van der Waals surface area contributed by atoms with Crippen LogP contribution in [0, 0.1) is 0 Å². The van der Waals surface area contributed by atoms with Gasteiger partial charge >= 0.3 is 0 Å². The molecule has 0 aliphatic carbocycles. The number of primary sulfonamides is 1. The van der Waals surface area contributed by atoms with E-state index in [1.807, 2.05) is 13.8 Å². The molecule has 0 aromatic carbocycles. The van der Waals surface area contributed by atoms with E-state index < -0.39 is 10.0 Å². The lowest BCUT2D eigenvalue weighted by Crippen LogP contribution is -2.25. The molecule has 0 bridgehead atoms. The molecule has 0 aliphatic heterocycles. The smallest absolute Gasteiger partial charge is 0.247 e. The van der Waals surface area contributed by atoms with Gasteiger partial charge in [0.15, 0.2) is 0 Å². The number of nitrogens with two attached hydrogens (primary N) is 1. The molecule has 1 aromatic heterocycles. The maximum Gasteiger partial charge on any atom is 0.247 e. The molecular formula is C10H16N2O3S2. The van der Waals surface area contributed by atoms with Crippen molar-refractivity contribution >= 4 is 27.3 Å². The predicted octanol–water partition coefficient (Wildman–Crippen LogP) is 1.37. The van der Waals surface area contributed by atoms with E-state index >= 15 is 0 Å². The lowest BCUT2D eigenvalue weighted by Gasteiger charge is -2.11. The largest absolute Gasteiger partial charge is 0.349 e. The van der Waals surface area contributed by atoms with Crippen molar-refractivity contribution in [2.75, 3.05) is 0 Å². The molecule has 0 aliphatic rings. The van der Waals surface area contributed by atoms with Crippen molar-refractivity contribution in [2.45, 2.75) is 36.9 Å². The van der Waals surface area contributed by atoms with Crippen LogP contribution in [0.15, 0.2) is 16.3 Å². The number of hydrogen-bond donors (Lipinski definition) is 2. The van der Waals surface area contributed by atoms with Crippen LogP contribution < -0.4 is 10.5 Å². The molecule has 1 heterocycles. The van der Waals surface area contributed by atoms with E-state index in [1.165, 1.54) is 6.07 Å². The van der Waals surface area contributed by atoms with Crippen LogP contribution in [0.4, 0.5) is 0 Å². The van der Waals surface area contributed by atoms with E-state index in [0.717, 1.165) is 22.6 Å². The van der Waals surface area contributed by atoms with E-state index in [9.17, 15) is 13.2 Å². The molecule has 7 heteroatoms. The summed E-state index contributed by atoms with van der Waals surface area (Å²) in [6, 6.07) is 2.92. The van der Waals surface area contributed by atoms with E-state index in [0.29, 0.717) is 6.42 Å². The van der Waals surface area contributed by atoms with E-state index in [2.05, 4.69) is 5.32 Å². The molecule has 1 rings (SSSR count). The quantitative estimate of drug-likeness (QED) is 0.851. The maximum atomic E-state index is 11.4. The fraction of sp³-hybridized carbons (Fsp3) is 0.500. The zero-order valence-electron chi connectivity index (χ0n) is 9.76. The minimum absolute atomic E-state index is 0.0365. The van der Waals surface area contributed by atoms with Crippen LogP contribution in [-0.2, 0) is 14.8 Å². The summed E-state index contributed by atoms with van der Waals surface area (Å²) in [7, 11) is -3.65. The van der Waals surface area contributed by atoms with Gasteiger partial charge in [-0.1, -0.05) is 6.92 Å².